The molecule has 4 rings (SSSR count). The van der Waals surface area contributed by atoms with E-state index in [0.29, 0.717) is 12.3 Å². The van der Waals surface area contributed by atoms with Crippen molar-refractivity contribution < 1.29 is 14.3 Å². The van der Waals surface area contributed by atoms with Crippen molar-refractivity contribution >= 4 is 5.91 Å². The SMILES string of the molecule is O=C(Cc1ccccc1)N1CC2(CC[C@H](CN3CCOCC3)CO2)C1. The van der Waals surface area contributed by atoms with E-state index in [2.05, 4.69) is 4.90 Å². The Morgan fingerprint density at radius 3 is 2.60 bits per heavy atom. The maximum Gasteiger partial charge on any atom is 0.227 e. The van der Waals surface area contributed by atoms with E-state index in [1.807, 2.05) is 35.2 Å². The molecular formula is C20H28N2O3. The lowest BCUT2D eigenvalue weighted by molar-refractivity contribution is -0.189. The van der Waals surface area contributed by atoms with E-state index in [1.165, 1.54) is 6.42 Å². The first-order valence-corrected chi connectivity index (χ1v) is 9.48. The van der Waals surface area contributed by atoms with Crippen LogP contribution in [0.25, 0.3) is 0 Å². The zero-order valence-electron chi connectivity index (χ0n) is 14.9. The van der Waals surface area contributed by atoms with Crippen LogP contribution in [0.5, 0.6) is 0 Å². The molecule has 1 spiro atoms. The molecule has 1 atom stereocenters. The van der Waals surface area contributed by atoms with Crippen molar-refractivity contribution in [1.29, 1.82) is 0 Å². The first kappa shape index (κ1) is 17.0. The van der Waals surface area contributed by atoms with Crippen LogP contribution < -0.4 is 0 Å². The fraction of sp³-hybridized carbons (Fsp3) is 0.650. The van der Waals surface area contributed by atoms with Crippen LogP contribution in [0.2, 0.25) is 0 Å². The van der Waals surface area contributed by atoms with E-state index in [9.17, 15) is 4.79 Å². The quantitative estimate of drug-likeness (QED) is 0.831. The molecule has 0 N–H and O–H groups in total. The number of likely N-dealkylation sites (tertiary alicyclic amines) is 1. The number of morpholine rings is 1. The highest BCUT2D eigenvalue weighted by Crippen LogP contribution is 2.36. The molecule has 136 valence electrons. The maximum atomic E-state index is 12.4. The van der Waals surface area contributed by atoms with Gasteiger partial charge in [0.15, 0.2) is 0 Å². The molecule has 1 amide bonds. The minimum absolute atomic E-state index is 0.0616. The van der Waals surface area contributed by atoms with Crippen LogP contribution in [0.3, 0.4) is 0 Å². The third-order valence-electron chi connectivity index (χ3n) is 5.76. The summed E-state index contributed by atoms with van der Waals surface area (Å²) in [5.41, 5.74) is 1.03. The van der Waals surface area contributed by atoms with Gasteiger partial charge in [0.25, 0.3) is 0 Å². The molecular weight excluding hydrogens is 316 g/mol. The lowest BCUT2D eigenvalue weighted by atomic mass is 9.82. The third-order valence-corrected chi connectivity index (χ3v) is 5.76. The number of ether oxygens (including phenoxy) is 2. The first-order chi connectivity index (χ1) is 12.2. The molecule has 5 nitrogen and oxygen atoms in total. The van der Waals surface area contributed by atoms with Crippen LogP contribution in [0.15, 0.2) is 30.3 Å². The van der Waals surface area contributed by atoms with Crippen LogP contribution in [0, 0.1) is 5.92 Å². The molecule has 0 aliphatic carbocycles. The molecule has 0 aromatic heterocycles. The smallest absolute Gasteiger partial charge is 0.227 e. The summed E-state index contributed by atoms with van der Waals surface area (Å²) in [6.45, 7) is 7.29. The van der Waals surface area contributed by atoms with Gasteiger partial charge in [0.1, 0.15) is 5.60 Å². The Labute approximate surface area is 149 Å². The van der Waals surface area contributed by atoms with Crippen LogP contribution in [-0.4, -0.2) is 73.9 Å². The van der Waals surface area contributed by atoms with E-state index in [0.717, 1.165) is 64.5 Å². The lowest BCUT2D eigenvalue weighted by Gasteiger charge is -2.53. The number of carbonyl (C=O) groups is 1. The van der Waals surface area contributed by atoms with Gasteiger partial charge in [-0.2, -0.15) is 0 Å². The molecule has 0 bridgehead atoms. The van der Waals surface area contributed by atoms with Gasteiger partial charge >= 0.3 is 0 Å². The Hall–Kier alpha value is -1.43. The number of benzene rings is 1. The number of nitrogens with zero attached hydrogens (tertiary/aromatic N) is 2. The topological polar surface area (TPSA) is 42.0 Å². The predicted octanol–water partition coefficient (Wildman–Crippen LogP) is 1.57. The van der Waals surface area contributed by atoms with E-state index >= 15 is 0 Å². The lowest BCUT2D eigenvalue weighted by Crippen LogP contribution is -2.66. The summed E-state index contributed by atoms with van der Waals surface area (Å²) >= 11 is 0. The highest BCUT2D eigenvalue weighted by Gasteiger charge is 2.48. The van der Waals surface area contributed by atoms with Gasteiger partial charge in [-0.15, -0.1) is 0 Å². The fourth-order valence-corrected chi connectivity index (χ4v) is 4.17. The summed E-state index contributed by atoms with van der Waals surface area (Å²) in [5.74, 6) is 0.841. The highest BCUT2D eigenvalue weighted by atomic mass is 16.5. The molecule has 3 saturated heterocycles. The van der Waals surface area contributed by atoms with Gasteiger partial charge in [-0.3, -0.25) is 9.69 Å². The molecule has 25 heavy (non-hydrogen) atoms. The largest absolute Gasteiger partial charge is 0.379 e. The number of hydrogen-bond acceptors (Lipinski definition) is 4. The minimum atomic E-state index is -0.0616. The van der Waals surface area contributed by atoms with Crippen LogP contribution in [0.4, 0.5) is 0 Å². The highest BCUT2D eigenvalue weighted by molar-refractivity contribution is 5.79. The molecule has 0 saturated carbocycles. The standard InChI is InChI=1S/C20H28N2O3/c23-19(12-17-4-2-1-3-5-17)22-15-20(16-22)7-6-18(14-25-20)13-21-8-10-24-11-9-21/h1-5,18H,6-16H2/t18-/m1/s1. The normalized spacial score (nSPS) is 26.4. The van der Waals surface area contributed by atoms with Crippen molar-refractivity contribution in [3.05, 3.63) is 35.9 Å². The second-order valence-electron chi connectivity index (χ2n) is 7.72. The molecule has 1 aromatic rings. The third kappa shape index (κ3) is 4.05. The average molecular weight is 344 g/mol. The average Bonchev–Trinajstić information content (AvgIpc) is 2.62. The Bertz CT molecular complexity index is 570. The summed E-state index contributed by atoms with van der Waals surface area (Å²) in [4.78, 5) is 16.8. The molecule has 3 fully saturated rings. The Morgan fingerprint density at radius 2 is 1.92 bits per heavy atom. The van der Waals surface area contributed by atoms with Crippen LogP contribution in [-0.2, 0) is 20.7 Å². The second-order valence-corrected chi connectivity index (χ2v) is 7.72. The zero-order valence-corrected chi connectivity index (χ0v) is 14.9. The van der Waals surface area contributed by atoms with Gasteiger partial charge in [-0.1, -0.05) is 30.3 Å². The van der Waals surface area contributed by atoms with Gasteiger partial charge in [0, 0.05) is 19.6 Å². The van der Waals surface area contributed by atoms with Gasteiger partial charge in [-0.25, -0.2) is 0 Å². The van der Waals surface area contributed by atoms with Crippen LogP contribution in [0.1, 0.15) is 18.4 Å². The fourth-order valence-electron chi connectivity index (χ4n) is 4.17. The molecule has 0 radical (unpaired) electrons. The van der Waals surface area contributed by atoms with Crippen molar-refractivity contribution in [1.82, 2.24) is 9.80 Å². The van der Waals surface area contributed by atoms with Crippen molar-refractivity contribution in [2.24, 2.45) is 5.92 Å². The Balaban J connectivity index is 1.20. The molecule has 3 aliphatic heterocycles. The Kier molecular flexibility index (Phi) is 5.06. The number of amides is 1. The Morgan fingerprint density at radius 1 is 1.16 bits per heavy atom. The summed E-state index contributed by atoms with van der Waals surface area (Å²) in [6, 6.07) is 9.98. The van der Waals surface area contributed by atoms with Gasteiger partial charge in [-0.05, 0) is 24.3 Å². The number of hydrogen-bond donors (Lipinski definition) is 0. The van der Waals surface area contributed by atoms with Gasteiger partial charge in [0.05, 0.1) is 39.3 Å². The summed E-state index contributed by atoms with van der Waals surface area (Å²) < 4.78 is 11.6. The number of rotatable bonds is 4. The second kappa shape index (κ2) is 7.44. The first-order valence-electron chi connectivity index (χ1n) is 9.48. The van der Waals surface area contributed by atoms with Crippen molar-refractivity contribution in [3.8, 4) is 0 Å². The van der Waals surface area contributed by atoms with E-state index in [1.54, 1.807) is 0 Å². The van der Waals surface area contributed by atoms with E-state index < -0.39 is 0 Å². The maximum absolute atomic E-state index is 12.4. The molecule has 5 heteroatoms. The molecule has 1 aromatic carbocycles. The van der Waals surface area contributed by atoms with E-state index in [-0.39, 0.29) is 11.5 Å². The van der Waals surface area contributed by atoms with Gasteiger partial charge < -0.3 is 14.4 Å². The van der Waals surface area contributed by atoms with Crippen molar-refractivity contribution in [3.63, 3.8) is 0 Å². The number of carbonyl (C=O) groups excluding carboxylic acids is 1. The van der Waals surface area contributed by atoms with Gasteiger partial charge in [0.2, 0.25) is 5.91 Å². The minimum Gasteiger partial charge on any atom is -0.379 e. The monoisotopic (exact) mass is 344 g/mol. The van der Waals surface area contributed by atoms with Crippen molar-refractivity contribution in [2.45, 2.75) is 24.9 Å². The molecule has 3 heterocycles. The summed E-state index contributed by atoms with van der Waals surface area (Å²) in [6.07, 6.45) is 2.78. The molecule has 0 unspecified atom stereocenters. The van der Waals surface area contributed by atoms with Crippen molar-refractivity contribution in [2.75, 3.05) is 52.5 Å². The van der Waals surface area contributed by atoms with E-state index in [4.69, 9.17) is 9.47 Å². The summed E-state index contributed by atoms with van der Waals surface area (Å²) in [7, 11) is 0. The zero-order chi connectivity index (χ0) is 17.1. The predicted molar refractivity (Wildman–Crippen MR) is 95.4 cm³/mol. The van der Waals surface area contributed by atoms with Crippen LogP contribution >= 0.6 is 0 Å². The summed E-state index contributed by atoms with van der Waals surface area (Å²) in [5, 5.41) is 0. The molecule has 3 aliphatic rings.